The van der Waals surface area contributed by atoms with Crippen LogP contribution in [0.3, 0.4) is 0 Å². The van der Waals surface area contributed by atoms with Crippen LogP contribution in [0.1, 0.15) is 54.4 Å². The Labute approximate surface area is 134 Å². The van der Waals surface area contributed by atoms with E-state index in [1.54, 1.807) is 0 Å². The van der Waals surface area contributed by atoms with Crippen molar-refractivity contribution in [1.29, 1.82) is 0 Å². The fourth-order valence-corrected chi connectivity index (χ4v) is 6.96. The fourth-order valence-electron chi connectivity index (χ4n) is 6.96. The minimum absolute atomic E-state index is 0.0328. The molecule has 4 aliphatic carbocycles. The Morgan fingerprint density at radius 2 is 1.05 bits per heavy atom. The lowest BCUT2D eigenvalue weighted by atomic mass is 9.55. The Balaban J connectivity index is 1.72. The average Bonchev–Trinajstić information content (AvgIpc) is 3.06. The number of hydrogen-bond donors (Lipinski definition) is 0. The lowest BCUT2D eigenvalue weighted by molar-refractivity contribution is -0.145. The van der Waals surface area contributed by atoms with Crippen molar-refractivity contribution in [3.05, 3.63) is 0 Å². The van der Waals surface area contributed by atoms with Crippen LogP contribution in [0.15, 0.2) is 0 Å². The highest BCUT2D eigenvalue weighted by molar-refractivity contribution is 5.96. The van der Waals surface area contributed by atoms with Gasteiger partial charge in [0.05, 0.1) is 0 Å². The molecule has 4 saturated carbocycles. The zero-order valence-corrected chi connectivity index (χ0v) is 14.8. The Bertz CT molecular complexity index is 508. The summed E-state index contributed by atoms with van der Waals surface area (Å²) in [4.78, 5) is 26.0. The SMILES string of the molecule is C[C@@H]1[C@@H]2C[C@H]([C@@H]([C@@H]3C(=O)[C@@H]4C[C@@H]3C(C)(C)[C@@H]4C)C2=O)C1(C)C. The molecule has 0 N–H and O–H groups in total. The van der Waals surface area contributed by atoms with E-state index >= 15 is 0 Å². The van der Waals surface area contributed by atoms with Crippen LogP contribution in [0, 0.1) is 58.2 Å². The third-order valence-electron chi connectivity index (χ3n) is 9.12. The van der Waals surface area contributed by atoms with Gasteiger partial charge in [-0.3, -0.25) is 9.59 Å². The summed E-state index contributed by atoms with van der Waals surface area (Å²) in [5, 5.41) is 0. The Morgan fingerprint density at radius 1 is 0.727 bits per heavy atom. The topological polar surface area (TPSA) is 34.1 Å². The molecule has 0 aromatic carbocycles. The van der Waals surface area contributed by atoms with E-state index in [2.05, 4.69) is 41.5 Å². The molecular formula is C20H30O2. The summed E-state index contributed by atoms with van der Waals surface area (Å²) in [6, 6.07) is 0. The van der Waals surface area contributed by atoms with Crippen LogP contribution in [-0.4, -0.2) is 11.6 Å². The van der Waals surface area contributed by atoms with Crippen LogP contribution in [0.2, 0.25) is 0 Å². The van der Waals surface area contributed by atoms with Crippen molar-refractivity contribution in [3.63, 3.8) is 0 Å². The molecule has 0 amide bonds. The Kier molecular flexibility index (Phi) is 2.74. The van der Waals surface area contributed by atoms with Gasteiger partial charge in [0.2, 0.25) is 0 Å². The van der Waals surface area contributed by atoms with Gasteiger partial charge in [0, 0.05) is 23.7 Å². The number of carbonyl (C=O) groups excluding carboxylic acids is 2. The summed E-state index contributed by atoms with van der Waals surface area (Å²) in [5.74, 6) is 3.19. The third-order valence-corrected chi connectivity index (χ3v) is 9.12. The van der Waals surface area contributed by atoms with Crippen molar-refractivity contribution in [2.24, 2.45) is 58.2 Å². The van der Waals surface area contributed by atoms with Gasteiger partial charge in [0.1, 0.15) is 11.6 Å². The maximum Gasteiger partial charge on any atom is 0.140 e. The second kappa shape index (κ2) is 4.05. The van der Waals surface area contributed by atoms with E-state index in [-0.39, 0.29) is 34.5 Å². The molecule has 0 radical (unpaired) electrons. The molecule has 22 heavy (non-hydrogen) atoms. The van der Waals surface area contributed by atoms with Crippen molar-refractivity contribution in [3.8, 4) is 0 Å². The molecule has 8 atom stereocenters. The first kappa shape index (κ1) is 14.9. The van der Waals surface area contributed by atoms with Gasteiger partial charge in [0.15, 0.2) is 0 Å². The summed E-state index contributed by atoms with van der Waals surface area (Å²) in [7, 11) is 0. The van der Waals surface area contributed by atoms with Crippen LogP contribution in [0.5, 0.6) is 0 Å². The molecule has 4 rings (SSSR count). The van der Waals surface area contributed by atoms with Crippen molar-refractivity contribution in [2.45, 2.75) is 54.4 Å². The quantitative estimate of drug-likeness (QED) is 0.734. The van der Waals surface area contributed by atoms with Crippen LogP contribution >= 0.6 is 0 Å². The number of carbonyl (C=O) groups is 2. The summed E-state index contributed by atoms with van der Waals surface area (Å²) in [5.41, 5.74) is 0.419. The minimum Gasteiger partial charge on any atom is -0.299 e. The van der Waals surface area contributed by atoms with Gasteiger partial charge >= 0.3 is 0 Å². The molecule has 0 saturated heterocycles. The number of hydrogen-bond acceptors (Lipinski definition) is 2. The predicted molar refractivity (Wildman–Crippen MR) is 86.1 cm³/mol. The van der Waals surface area contributed by atoms with Gasteiger partial charge in [-0.25, -0.2) is 0 Å². The van der Waals surface area contributed by atoms with Gasteiger partial charge in [-0.05, 0) is 47.3 Å². The summed E-state index contributed by atoms with van der Waals surface area (Å²) >= 11 is 0. The monoisotopic (exact) mass is 302 g/mol. The minimum atomic E-state index is 0.0328. The highest BCUT2D eigenvalue weighted by Crippen LogP contribution is 2.68. The lowest BCUT2D eigenvalue weighted by Crippen LogP contribution is -2.50. The number of fused-ring (bicyclic) bond motifs is 4. The second-order valence-corrected chi connectivity index (χ2v) is 9.97. The average molecular weight is 302 g/mol. The van der Waals surface area contributed by atoms with E-state index in [0.717, 1.165) is 12.8 Å². The van der Waals surface area contributed by atoms with Crippen molar-refractivity contribution in [2.75, 3.05) is 0 Å². The van der Waals surface area contributed by atoms with E-state index in [4.69, 9.17) is 0 Å². The molecule has 2 nitrogen and oxygen atoms in total. The van der Waals surface area contributed by atoms with Crippen LogP contribution in [-0.2, 0) is 9.59 Å². The molecular weight excluding hydrogens is 272 g/mol. The van der Waals surface area contributed by atoms with Gasteiger partial charge in [0.25, 0.3) is 0 Å². The largest absolute Gasteiger partial charge is 0.299 e. The smallest absolute Gasteiger partial charge is 0.140 e. The molecule has 4 bridgehead atoms. The molecule has 0 aliphatic heterocycles. The first-order valence-electron chi connectivity index (χ1n) is 9.17. The highest BCUT2D eigenvalue weighted by atomic mass is 16.1. The van der Waals surface area contributed by atoms with E-state index in [1.165, 1.54) is 0 Å². The molecule has 0 spiro atoms. The highest BCUT2D eigenvalue weighted by Gasteiger charge is 2.68. The van der Waals surface area contributed by atoms with E-state index in [9.17, 15) is 9.59 Å². The second-order valence-electron chi connectivity index (χ2n) is 9.97. The van der Waals surface area contributed by atoms with Gasteiger partial charge in [-0.15, -0.1) is 0 Å². The van der Waals surface area contributed by atoms with Crippen LogP contribution in [0.4, 0.5) is 0 Å². The molecule has 0 unspecified atom stereocenters. The Hall–Kier alpha value is -0.660. The van der Waals surface area contributed by atoms with Crippen molar-refractivity contribution < 1.29 is 9.59 Å². The third kappa shape index (κ3) is 1.43. The van der Waals surface area contributed by atoms with Crippen molar-refractivity contribution >= 4 is 11.6 Å². The first-order valence-corrected chi connectivity index (χ1v) is 9.17. The zero-order valence-electron chi connectivity index (χ0n) is 14.8. The van der Waals surface area contributed by atoms with Crippen LogP contribution < -0.4 is 0 Å². The zero-order chi connectivity index (χ0) is 16.2. The van der Waals surface area contributed by atoms with Gasteiger partial charge < -0.3 is 0 Å². The van der Waals surface area contributed by atoms with E-state index in [1.807, 2.05) is 0 Å². The summed E-state index contributed by atoms with van der Waals surface area (Å²) < 4.78 is 0. The maximum absolute atomic E-state index is 13.0. The molecule has 0 aromatic heterocycles. The molecule has 122 valence electrons. The van der Waals surface area contributed by atoms with E-state index in [0.29, 0.717) is 35.2 Å². The molecule has 0 heterocycles. The van der Waals surface area contributed by atoms with Gasteiger partial charge in [-0.2, -0.15) is 0 Å². The van der Waals surface area contributed by atoms with Gasteiger partial charge in [-0.1, -0.05) is 41.5 Å². The Morgan fingerprint density at radius 3 is 1.32 bits per heavy atom. The maximum atomic E-state index is 13.0. The summed E-state index contributed by atoms with van der Waals surface area (Å²) in [6.07, 6.45) is 2.07. The lowest BCUT2D eigenvalue weighted by Gasteiger charge is -2.47. The predicted octanol–water partition coefficient (Wildman–Crippen LogP) is 3.98. The van der Waals surface area contributed by atoms with Crippen LogP contribution in [0.25, 0.3) is 0 Å². The molecule has 4 fully saturated rings. The van der Waals surface area contributed by atoms with E-state index < -0.39 is 0 Å². The molecule has 4 aliphatic rings. The number of ketones is 2. The summed E-state index contributed by atoms with van der Waals surface area (Å²) in [6.45, 7) is 13.8. The fraction of sp³-hybridized carbons (Fsp3) is 0.900. The normalized spacial score (nSPS) is 54.5. The number of Topliss-reactive ketones (excluding diaryl/α,β-unsaturated/α-hetero) is 2. The first-order chi connectivity index (χ1) is 10.1. The van der Waals surface area contributed by atoms with Crippen molar-refractivity contribution in [1.82, 2.24) is 0 Å². The standard InChI is InChI=1S/C20H30O2/c1-9-11-7-13(19(9,3)4)15(17(11)21)16-14-8-12(18(16)22)10(2)20(14,5)6/h9-16H,7-8H2,1-6H3/t9-,10-,11-,12+,13+,14-,15-,16+/m1/s1. The molecule has 0 aromatic rings. The molecule has 2 heteroatoms. The number of rotatable bonds is 1.